The van der Waals surface area contributed by atoms with Gasteiger partial charge in [0.1, 0.15) is 0 Å². The van der Waals surface area contributed by atoms with Crippen molar-refractivity contribution in [2.45, 2.75) is 25.7 Å². The molecule has 0 saturated heterocycles. The molecule has 2 rings (SSSR count). The molecule has 0 radical (unpaired) electrons. The van der Waals surface area contributed by atoms with E-state index < -0.39 is 5.91 Å². The summed E-state index contributed by atoms with van der Waals surface area (Å²) in [5.41, 5.74) is 28.9. The van der Waals surface area contributed by atoms with Crippen LogP contribution in [0.3, 0.4) is 0 Å². The highest BCUT2D eigenvalue weighted by atomic mass is 35.5. The van der Waals surface area contributed by atoms with E-state index in [-0.39, 0.29) is 53.3 Å². The lowest BCUT2D eigenvalue weighted by Crippen LogP contribution is -2.38. The Labute approximate surface area is 201 Å². The van der Waals surface area contributed by atoms with Gasteiger partial charge in [0, 0.05) is 18.7 Å². The van der Waals surface area contributed by atoms with Crippen molar-refractivity contribution in [3.05, 3.63) is 40.7 Å². The molecule has 0 atom stereocenters. The normalized spacial score (nSPS) is 11.0. The Hall–Kier alpha value is -4.13. The SMILES string of the molecule is NC(N)=NCCC(=O)Nc1ccc(CCCCN=C(N)NC(=O)c2nc(Cl)c(N)nc2N)cc1. The molecule has 0 aliphatic heterocycles. The van der Waals surface area contributed by atoms with Crippen LogP contribution in [0.1, 0.15) is 35.3 Å². The second-order valence-corrected chi connectivity index (χ2v) is 7.47. The van der Waals surface area contributed by atoms with Gasteiger partial charge in [0.15, 0.2) is 34.4 Å². The van der Waals surface area contributed by atoms with E-state index in [1.54, 1.807) is 0 Å². The van der Waals surface area contributed by atoms with Gasteiger partial charge in [-0.3, -0.25) is 24.9 Å². The Morgan fingerprint density at radius 3 is 2.32 bits per heavy atom. The van der Waals surface area contributed by atoms with Crippen molar-refractivity contribution in [3.63, 3.8) is 0 Å². The van der Waals surface area contributed by atoms with Crippen molar-refractivity contribution in [2.24, 2.45) is 27.2 Å². The Morgan fingerprint density at radius 2 is 1.65 bits per heavy atom. The number of nitrogen functional groups attached to an aromatic ring is 2. The topological polar surface area (TPSA) is 239 Å². The summed E-state index contributed by atoms with van der Waals surface area (Å²) in [4.78, 5) is 39.5. The van der Waals surface area contributed by atoms with Crippen molar-refractivity contribution < 1.29 is 9.59 Å². The Kier molecular flexibility index (Phi) is 9.83. The van der Waals surface area contributed by atoms with Crippen molar-refractivity contribution in [3.8, 4) is 0 Å². The lowest BCUT2D eigenvalue weighted by Gasteiger charge is -2.07. The number of rotatable bonds is 10. The number of carbonyl (C=O) groups is 2. The Bertz CT molecular complexity index is 1070. The number of benzene rings is 1. The second kappa shape index (κ2) is 12.8. The molecule has 1 aromatic carbocycles. The first-order valence-corrected chi connectivity index (χ1v) is 10.7. The van der Waals surface area contributed by atoms with Gasteiger partial charge in [-0.25, -0.2) is 9.97 Å². The molecule has 1 aromatic heterocycles. The van der Waals surface area contributed by atoms with Gasteiger partial charge >= 0.3 is 0 Å². The monoisotopic (exact) mass is 489 g/mol. The van der Waals surface area contributed by atoms with Crippen LogP contribution in [0.15, 0.2) is 34.3 Å². The van der Waals surface area contributed by atoms with Crippen molar-refractivity contribution in [1.29, 1.82) is 0 Å². The van der Waals surface area contributed by atoms with Gasteiger partial charge in [-0.1, -0.05) is 23.7 Å². The molecule has 0 bridgehead atoms. The average molecular weight is 490 g/mol. The highest BCUT2D eigenvalue weighted by Crippen LogP contribution is 2.17. The first-order valence-electron chi connectivity index (χ1n) is 10.3. The second-order valence-electron chi connectivity index (χ2n) is 7.11. The number of hydrogen-bond donors (Lipinski definition) is 7. The fourth-order valence-corrected chi connectivity index (χ4v) is 2.86. The third-order valence-corrected chi connectivity index (χ3v) is 4.67. The fourth-order valence-electron chi connectivity index (χ4n) is 2.73. The van der Waals surface area contributed by atoms with Crippen LogP contribution >= 0.6 is 11.6 Å². The van der Waals surface area contributed by atoms with E-state index in [0.717, 1.165) is 24.8 Å². The lowest BCUT2D eigenvalue weighted by molar-refractivity contribution is -0.116. The molecule has 0 saturated carbocycles. The predicted octanol–water partition coefficient (Wildman–Crippen LogP) is -0.0362. The van der Waals surface area contributed by atoms with Crippen molar-refractivity contribution in [1.82, 2.24) is 15.3 Å². The molecular weight excluding hydrogens is 462 g/mol. The summed E-state index contributed by atoms with van der Waals surface area (Å²) in [6.45, 7) is 0.653. The van der Waals surface area contributed by atoms with Crippen molar-refractivity contribution >= 4 is 52.7 Å². The molecule has 0 aliphatic carbocycles. The molecule has 2 amide bonds. The highest BCUT2D eigenvalue weighted by Gasteiger charge is 2.16. The van der Waals surface area contributed by atoms with Gasteiger partial charge < -0.3 is 34.0 Å². The number of nitrogens with zero attached hydrogens (tertiary/aromatic N) is 4. The number of amides is 2. The van der Waals surface area contributed by atoms with E-state index in [1.165, 1.54) is 0 Å². The van der Waals surface area contributed by atoms with Gasteiger partial charge in [-0.05, 0) is 37.0 Å². The van der Waals surface area contributed by atoms with Gasteiger partial charge in [-0.2, -0.15) is 0 Å². The molecule has 12 N–H and O–H groups in total. The zero-order valence-corrected chi connectivity index (χ0v) is 19.2. The number of aromatic nitrogens is 2. The van der Waals surface area contributed by atoms with E-state index >= 15 is 0 Å². The molecule has 0 unspecified atom stereocenters. The number of aryl methyl sites for hydroxylation is 1. The van der Waals surface area contributed by atoms with E-state index in [9.17, 15) is 9.59 Å². The number of nitrogens with one attached hydrogen (secondary N) is 2. The molecule has 2 aromatic rings. The number of guanidine groups is 2. The van der Waals surface area contributed by atoms with Gasteiger partial charge in [-0.15, -0.1) is 0 Å². The molecule has 0 aliphatic rings. The molecule has 0 spiro atoms. The number of hydrogen-bond acceptors (Lipinski definition) is 8. The van der Waals surface area contributed by atoms with Crippen LogP contribution in [0.5, 0.6) is 0 Å². The average Bonchev–Trinajstić information content (AvgIpc) is 2.76. The van der Waals surface area contributed by atoms with E-state index in [1.807, 2.05) is 24.3 Å². The zero-order chi connectivity index (χ0) is 25.1. The number of aliphatic imine (C=N–C) groups is 2. The maximum atomic E-state index is 12.2. The van der Waals surface area contributed by atoms with Gasteiger partial charge in [0.05, 0.1) is 6.54 Å². The third-order valence-electron chi connectivity index (χ3n) is 4.39. The standard InChI is InChI=1S/C20H28ClN11O2/c21-15-17(23)31-16(22)14(30-15)18(34)32-20(26)28-9-2-1-3-11-4-6-12(7-5-11)29-13(33)8-10-27-19(24)25/h4-7H,1-3,8-10H2,(H,29,33)(H4,22,23,31)(H4,24,25,27)(H3,26,28,32,34). The predicted molar refractivity (Wildman–Crippen MR) is 133 cm³/mol. The molecule has 0 fully saturated rings. The Balaban J connectivity index is 1.72. The third kappa shape index (κ3) is 8.78. The minimum Gasteiger partial charge on any atom is -0.382 e. The van der Waals surface area contributed by atoms with E-state index in [0.29, 0.717) is 12.2 Å². The van der Waals surface area contributed by atoms with Crippen LogP contribution in [0.25, 0.3) is 0 Å². The van der Waals surface area contributed by atoms with E-state index in [4.69, 9.17) is 40.3 Å². The van der Waals surface area contributed by atoms with Crippen LogP contribution in [-0.2, 0) is 11.2 Å². The van der Waals surface area contributed by atoms with Crippen LogP contribution in [0.2, 0.25) is 5.15 Å². The summed E-state index contributed by atoms with van der Waals surface area (Å²) < 4.78 is 0. The maximum absolute atomic E-state index is 12.2. The van der Waals surface area contributed by atoms with Crippen LogP contribution in [0.4, 0.5) is 17.3 Å². The minimum atomic E-state index is -0.684. The smallest absolute Gasteiger partial charge is 0.280 e. The lowest BCUT2D eigenvalue weighted by atomic mass is 10.1. The molecule has 14 heteroatoms. The largest absolute Gasteiger partial charge is 0.382 e. The van der Waals surface area contributed by atoms with Gasteiger partial charge in [0.2, 0.25) is 5.91 Å². The van der Waals surface area contributed by atoms with Crippen LogP contribution in [-0.4, -0.2) is 46.8 Å². The Morgan fingerprint density at radius 1 is 0.941 bits per heavy atom. The summed E-state index contributed by atoms with van der Waals surface area (Å²) in [5.74, 6) is -1.20. The van der Waals surface area contributed by atoms with Crippen LogP contribution < -0.4 is 39.3 Å². The molecule has 34 heavy (non-hydrogen) atoms. The molecule has 13 nitrogen and oxygen atoms in total. The molecule has 1 heterocycles. The number of nitrogens with two attached hydrogens (primary N) is 5. The van der Waals surface area contributed by atoms with Crippen molar-refractivity contribution in [2.75, 3.05) is 29.9 Å². The van der Waals surface area contributed by atoms with Gasteiger partial charge in [0.25, 0.3) is 5.91 Å². The number of halogens is 1. The summed E-state index contributed by atoms with van der Waals surface area (Å²) in [7, 11) is 0. The maximum Gasteiger partial charge on any atom is 0.280 e. The first-order chi connectivity index (χ1) is 16.2. The number of anilines is 3. The molecule has 182 valence electrons. The summed E-state index contributed by atoms with van der Waals surface area (Å²) in [5, 5.41) is 5.04. The molecular formula is C20H28ClN11O2. The zero-order valence-electron chi connectivity index (χ0n) is 18.4. The minimum absolute atomic E-state index is 0.0427. The quantitative estimate of drug-likeness (QED) is 0.134. The first kappa shape index (κ1) is 26.1. The summed E-state index contributed by atoms with van der Waals surface area (Å²) in [6, 6.07) is 7.54. The number of unbranched alkanes of at least 4 members (excludes halogenated alkanes) is 1. The van der Waals surface area contributed by atoms with E-state index in [2.05, 4.69) is 30.6 Å². The van der Waals surface area contributed by atoms with Crippen LogP contribution in [0, 0.1) is 0 Å². The summed E-state index contributed by atoms with van der Waals surface area (Å²) in [6.07, 6.45) is 2.60. The number of carbonyl (C=O) groups excluding carboxylic acids is 2. The highest BCUT2D eigenvalue weighted by molar-refractivity contribution is 6.31. The summed E-state index contributed by atoms with van der Waals surface area (Å²) >= 11 is 5.77. The fraction of sp³-hybridized carbons (Fsp3) is 0.300.